The highest BCUT2D eigenvalue weighted by molar-refractivity contribution is 5.94. The van der Waals surface area contributed by atoms with Gasteiger partial charge in [0.2, 0.25) is 11.6 Å². The average Bonchev–Trinajstić information content (AvgIpc) is 3.02. The van der Waals surface area contributed by atoms with Crippen molar-refractivity contribution in [2.75, 3.05) is 20.3 Å². The lowest BCUT2D eigenvalue weighted by Gasteiger charge is -2.07. The molecule has 0 aliphatic heterocycles. The predicted octanol–water partition coefficient (Wildman–Crippen LogP) is 1.33. The molecule has 0 aromatic carbocycles. The number of carboxylic acid groups (broad SMARTS) is 1. The van der Waals surface area contributed by atoms with E-state index in [-0.39, 0.29) is 18.2 Å². The molecule has 2 aromatic rings. The normalized spacial score (nSPS) is 10.3. The van der Waals surface area contributed by atoms with Gasteiger partial charge in [0, 0.05) is 24.9 Å². The third-order valence-corrected chi connectivity index (χ3v) is 2.83. The molecule has 8 heteroatoms. The number of carboxylic acids is 1. The van der Waals surface area contributed by atoms with Crippen molar-refractivity contribution in [1.29, 1.82) is 0 Å². The van der Waals surface area contributed by atoms with Crippen LogP contribution in [0.25, 0.3) is 0 Å². The van der Waals surface area contributed by atoms with Crippen molar-refractivity contribution < 1.29 is 28.6 Å². The predicted molar refractivity (Wildman–Crippen MR) is 78.4 cm³/mol. The monoisotopic (exact) mass is 320 g/mol. The summed E-state index contributed by atoms with van der Waals surface area (Å²) in [6.45, 7) is 0.829. The molecule has 2 N–H and O–H groups in total. The van der Waals surface area contributed by atoms with Crippen LogP contribution in [0.15, 0.2) is 34.9 Å². The van der Waals surface area contributed by atoms with Crippen LogP contribution in [-0.4, -0.2) is 42.3 Å². The van der Waals surface area contributed by atoms with Gasteiger partial charge in [-0.1, -0.05) is 0 Å². The van der Waals surface area contributed by atoms with Crippen LogP contribution >= 0.6 is 0 Å². The maximum Gasteiger partial charge on any atom is 0.371 e. The molecule has 0 fully saturated rings. The second-order valence-electron chi connectivity index (χ2n) is 4.48. The van der Waals surface area contributed by atoms with Gasteiger partial charge in [0.15, 0.2) is 0 Å². The minimum absolute atomic E-state index is 0.0777. The van der Waals surface area contributed by atoms with Crippen molar-refractivity contribution >= 4 is 11.9 Å². The maximum absolute atomic E-state index is 12.1. The summed E-state index contributed by atoms with van der Waals surface area (Å²) in [5, 5.41) is 11.4. The lowest BCUT2D eigenvalue weighted by atomic mass is 10.2. The number of nitrogens with zero attached hydrogens (tertiary/aromatic N) is 1. The lowest BCUT2D eigenvalue weighted by Crippen LogP contribution is -2.22. The van der Waals surface area contributed by atoms with Gasteiger partial charge in [0.1, 0.15) is 12.4 Å². The van der Waals surface area contributed by atoms with E-state index in [1.54, 1.807) is 13.2 Å². The molecule has 0 unspecified atom stereocenters. The van der Waals surface area contributed by atoms with E-state index in [9.17, 15) is 9.59 Å². The van der Waals surface area contributed by atoms with E-state index in [1.807, 2.05) is 0 Å². The Morgan fingerprint density at radius 3 is 2.83 bits per heavy atom. The number of furan rings is 1. The van der Waals surface area contributed by atoms with Crippen molar-refractivity contribution in [3.63, 3.8) is 0 Å². The molecule has 23 heavy (non-hydrogen) atoms. The molecule has 2 rings (SSSR count). The fourth-order valence-electron chi connectivity index (χ4n) is 1.72. The van der Waals surface area contributed by atoms with Crippen molar-refractivity contribution in [3.8, 4) is 5.88 Å². The molecule has 2 aromatic heterocycles. The third kappa shape index (κ3) is 4.82. The number of carbonyl (C=O) groups excluding carboxylic acids is 1. The van der Waals surface area contributed by atoms with Crippen LogP contribution in [-0.2, 0) is 11.3 Å². The molecule has 0 aliphatic rings. The zero-order valence-electron chi connectivity index (χ0n) is 12.4. The largest absolute Gasteiger partial charge is 0.475 e. The highest BCUT2D eigenvalue weighted by Gasteiger charge is 2.11. The number of rotatable bonds is 8. The second kappa shape index (κ2) is 7.95. The first-order chi connectivity index (χ1) is 11.1. The first kappa shape index (κ1) is 16.5. The van der Waals surface area contributed by atoms with Gasteiger partial charge in [-0.3, -0.25) is 4.79 Å². The summed E-state index contributed by atoms with van der Waals surface area (Å²) in [7, 11) is 1.56. The highest BCUT2D eigenvalue weighted by atomic mass is 16.5. The molecule has 122 valence electrons. The zero-order valence-corrected chi connectivity index (χ0v) is 12.4. The van der Waals surface area contributed by atoms with E-state index in [2.05, 4.69) is 10.3 Å². The number of nitrogens with one attached hydrogen (secondary N) is 1. The smallest absolute Gasteiger partial charge is 0.371 e. The van der Waals surface area contributed by atoms with Gasteiger partial charge in [0.05, 0.1) is 13.2 Å². The molecule has 0 radical (unpaired) electrons. The Balaban J connectivity index is 1.91. The van der Waals surface area contributed by atoms with Gasteiger partial charge in [-0.2, -0.15) is 0 Å². The highest BCUT2D eigenvalue weighted by Crippen LogP contribution is 2.11. The van der Waals surface area contributed by atoms with Crippen LogP contribution in [0.2, 0.25) is 0 Å². The Morgan fingerprint density at radius 1 is 1.30 bits per heavy atom. The van der Waals surface area contributed by atoms with E-state index in [4.69, 9.17) is 19.0 Å². The van der Waals surface area contributed by atoms with Crippen molar-refractivity contribution in [2.24, 2.45) is 0 Å². The fourth-order valence-corrected chi connectivity index (χ4v) is 1.72. The molecule has 8 nitrogen and oxygen atoms in total. The first-order valence-electron chi connectivity index (χ1n) is 6.78. The Hall–Kier alpha value is -2.87. The van der Waals surface area contributed by atoms with Crippen molar-refractivity contribution in [3.05, 3.63) is 47.5 Å². The van der Waals surface area contributed by atoms with Crippen LogP contribution < -0.4 is 10.1 Å². The number of aromatic carboxylic acids is 1. The molecular formula is C15H16N2O6. The summed E-state index contributed by atoms with van der Waals surface area (Å²) in [6.07, 6.45) is 1.46. The third-order valence-electron chi connectivity index (χ3n) is 2.83. The van der Waals surface area contributed by atoms with Crippen molar-refractivity contribution in [1.82, 2.24) is 10.3 Å². The number of ether oxygens (including phenoxy) is 2. The lowest BCUT2D eigenvalue weighted by molar-refractivity contribution is 0.0660. The van der Waals surface area contributed by atoms with E-state index in [0.29, 0.717) is 30.4 Å². The van der Waals surface area contributed by atoms with Gasteiger partial charge in [-0.15, -0.1) is 0 Å². The number of pyridine rings is 1. The van der Waals surface area contributed by atoms with Gasteiger partial charge >= 0.3 is 5.97 Å². The summed E-state index contributed by atoms with van der Waals surface area (Å²) in [5.74, 6) is -1.01. The summed E-state index contributed by atoms with van der Waals surface area (Å²) in [5.41, 5.74) is 0.373. The Bertz CT molecular complexity index is 682. The molecule has 0 aliphatic carbocycles. The first-order valence-corrected chi connectivity index (χ1v) is 6.78. The fraction of sp³-hybridized carbons (Fsp3) is 0.267. The van der Waals surface area contributed by atoms with E-state index < -0.39 is 5.97 Å². The van der Waals surface area contributed by atoms with E-state index in [1.165, 1.54) is 24.4 Å². The quantitative estimate of drug-likeness (QED) is 0.706. The zero-order chi connectivity index (χ0) is 16.7. The van der Waals surface area contributed by atoms with Crippen LogP contribution in [0.5, 0.6) is 5.88 Å². The number of hydrogen-bond donors (Lipinski definition) is 2. The standard InChI is InChI=1S/C15H16N2O6/c1-21-6-7-22-13-8-10(4-5-16-13)14(18)17-9-11-2-3-12(23-11)15(19)20/h2-5,8H,6-7,9H2,1H3,(H,17,18)(H,19,20). The van der Waals surface area contributed by atoms with Gasteiger partial charge in [-0.25, -0.2) is 9.78 Å². The molecular weight excluding hydrogens is 304 g/mol. The maximum atomic E-state index is 12.1. The average molecular weight is 320 g/mol. The number of aromatic nitrogens is 1. The van der Waals surface area contributed by atoms with Crippen LogP contribution in [0.1, 0.15) is 26.7 Å². The summed E-state index contributed by atoms with van der Waals surface area (Å²) in [6, 6.07) is 5.88. The molecule has 2 heterocycles. The van der Waals surface area contributed by atoms with Crippen LogP contribution in [0.3, 0.4) is 0 Å². The van der Waals surface area contributed by atoms with Crippen molar-refractivity contribution in [2.45, 2.75) is 6.54 Å². The Kier molecular flexibility index (Phi) is 5.70. The van der Waals surface area contributed by atoms with Gasteiger partial charge in [-0.05, 0) is 18.2 Å². The van der Waals surface area contributed by atoms with E-state index in [0.717, 1.165) is 0 Å². The number of amides is 1. The minimum atomic E-state index is -1.16. The molecule has 0 spiro atoms. The molecule has 0 saturated carbocycles. The SMILES string of the molecule is COCCOc1cc(C(=O)NCc2ccc(C(=O)O)o2)ccn1. The molecule has 0 atom stereocenters. The van der Waals surface area contributed by atoms with Crippen LogP contribution in [0, 0.1) is 0 Å². The van der Waals surface area contributed by atoms with Crippen LogP contribution in [0.4, 0.5) is 0 Å². The summed E-state index contributed by atoms with van der Waals surface area (Å²) >= 11 is 0. The minimum Gasteiger partial charge on any atom is -0.475 e. The van der Waals surface area contributed by atoms with E-state index >= 15 is 0 Å². The number of hydrogen-bond acceptors (Lipinski definition) is 6. The Labute approximate surface area is 132 Å². The topological polar surface area (TPSA) is 111 Å². The summed E-state index contributed by atoms with van der Waals surface area (Å²) in [4.78, 5) is 26.8. The second-order valence-corrected chi connectivity index (χ2v) is 4.48. The molecule has 1 amide bonds. The van der Waals surface area contributed by atoms with Gasteiger partial charge in [0.25, 0.3) is 5.91 Å². The molecule has 0 bridgehead atoms. The molecule has 0 saturated heterocycles. The Morgan fingerprint density at radius 2 is 2.13 bits per heavy atom. The van der Waals surface area contributed by atoms with Gasteiger partial charge < -0.3 is 24.3 Å². The number of methoxy groups -OCH3 is 1. The number of carbonyl (C=O) groups is 2. The summed E-state index contributed by atoms with van der Waals surface area (Å²) < 4.78 is 15.2.